The highest BCUT2D eigenvalue weighted by molar-refractivity contribution is 6.30. The van der Waals surface area contributed by atoms with Gasteiger partial charge in [0.2, 0.25) is 0 Å². The van der Waals surface area contributed by atoms with Crippen LogP contribution in [0.4, 0.5) is 4.79 Å². The van der Waals surface area contributed by atoms with Crippen LogP contribution in [0.1, 0.15) is 51.0 Å². The van der Waals surface area contributed by atoms with E-state index in [4.69, 9.17) is 11.6 Å². The highest BCUT2D eigenvalue weighted by atomic mass is 35.5. The fraction of sp³-hybridized carbons (Fsp3) is 0.556. The summed E-state index contributed by atoms with van der Waals surface area (Å²) in [4.78, 5) is 26.7. The summed E-state index contributed by atoms with van der Waals surface area (Å²) in [6.07, 6.45) is 4.64. The summed E-state index contributed by atoms with van der Waals surface area (Å²) in [6.45, 7) is 1.93. The van der Waals surface area contributed by atoms with Crippen LogP contribution in [-0.4, -0.2) is 34.1 Å². The van der Waals surface area contributed by atoms with Crippen LogP contribution >= 0.6 is 11.6 Å². The van der Waals surface area contributed by atoms with Gasteiger partial charge in [-0.05, 0) is 37.0 Å². The number of nitrogens with zero attached hydrogens (tertiary/aromatic N) is 1. The zero-order chi connectivity index (χ0) is 17.4. The van der Waals surface area contributed by atoms with Crippen LogP contribution in [0.2, 0.25) is 5.02 Å². The molecule has 24 heavy (non-hydrogen) atoms. The first kappa shape index (κ1) is 17.2. The van der Waals surface area contributed by atoms with Crippen molar-refractivity contribution in [2.75, 3.05) is 6.54 Å². The van der Waals surface area contributed by atoms with Gasteiger partial charge in [-0.3, -0.25) is 9.69 Å². The molecule has 1 saturated heterocycles. The molecule has 6 heteroatoms. The Morgan fingerprint density at radius 3 is 2.38 bits per heavy atom. The fourth-order valence-corrected chi connectivity index (χ4v) is 3.93. The van der Waals surface area contributed by atoms with Gasteiger partial charge in [0, 0.05) is 5.02 Å². The van der Waals surface area contributed by atoms with E-state index in [0.29, 0.717) is 29.8 Å². The first-order valence-electron chi connectivity index (χ1n) is 8.53. The van der Waals surface area contributed by atoms with Gasteiger partial charge >= 0.3 is 6.03 Å². The molecular formula is C18H23ClN2O3. The Labute approximate surface area is 147 Å². The number of carbonyl (C=O) groups excluding carboxylic acids is 2. The molecular weight excluding hydrogens is 328 g/mol. The lowest BCUT2D eigenvalue weighted by Crippen LogP contribution is -2.48. The maximum absolute atomic E-state index is 13.1. The summed E-state index contributed by atoms with van der Waals surface area (Å²) in [5.41, 5.74) is -1.33. The fourth-order valence-electron chi connectivity index (χ4n) is 3.81. The number of aliphatic hydroxyl groups is 1. The van der Waals surface area contributed by atoms with Crippen molar-refractivity contribution in [1.29, 1.82) is 0 Å². The summed E-state index contributed by atoms with van der Waals surface area (Å²) in [5, 5.41) is 14.1. The van der Waals surface area contributed by atoms with Crippen LogP contribution in [0.5, 0.6) is 0 Å². The number of imide groups is 1. The Morgan fingerprint density at radius 1 is 1.17 bits per heavy atom. The topological polar surface area (TPSA) is 69.6 Å². The molecule has 1 aromatic rings. The third kappa shape index (κ3) is 2.91. The minimum atomic E-state index is -1.08. The van der Waals surface area contributed by atoms with Crippen LogP contribution in [0.15, 0.2) is 24.3 Å². The summed E-state index contributed by atoms with van der Waals surface area (Å²) in [6, 6.07) is 6.53. The molecule has 5 nitrogen and oxygen atoms in total. The van der Waals surface area contributed by atoms with E-state index < -0.39 is 17.2 Å². The van der Waals surface area contributed by atoms with Crippen molar-refractivity contribution in [3.63, 3.8) is 0 Å². The zero-order valence-electron chi connectivity index (χ0n) is 13.8. The van der Waals surface area contributed by atoms with Crippen molar-refractivity contribution < 1.29 is 14.7 Å². The second-order valence-electron chi connectivity index (χ2n) is 6.87. The van der Waals surface area contributed by atoms with Gasteiger partial charge in [-0.25, -0.2) is 4.79 Å². The first-order valence-corrected chi connectivity index (χ1v) is 8.90. The average molecular weight is 351 g/mol. The molecule has 0 unspecified atom stereocenters. The summed E-state index contributed by atoms with van der Waals surface area (Å²) < 4.78 is 0. The molecule has 0 radical (unpaired) electrons. The smallest absolute Gasteiger partial charge is 0.325 e. The zero-order valence-corrected chi connectivity index (χ0v) is 14.6. The highest BCUT2D eigenvalue weighted by Crippen LogP contribution is 2.36. The average Bonchev–Trinajstić information content (AvgIpc) is 2.81. The number of urea groups is 1. The van der Waals surface area contributed by atoms with Crippen molar-refractivity contribution in [3.8, 4) is 0 Å². The van der Waals surface area contributed by atoms with Crippen molar-refractivity contribution in [2.24, 2.45) is 0 Å². The molecule has 1 aromatic carbocycles. The van der Waals surface area contributed by atoms with Crippen molar-refractivity contribution >= 4 is 23.5 Å². The maximum atomic E-state index is 13.1. The Balaban J connectivity index is 1.87. The van der Waals surface area contributed by atoms with E-state index >= 15 is 0 Å². The standard InChI is InChI=1S/C18H23ClN2O3/c1-2-18(13-6-8-14(19)9-7-13)15(22)21(16(23)20-18)12-17(24)10-4-3-5-11-17/h6-9,24H,2-5,10-12H2,1H3,(H,20,23)/t18-/m1/s1. The van der Waals surface area contributed by atoms with Gasteiger partial charge in [0.15, 0.2) is 0 Å². The number of halogens is 1. The molecule has 1 heterocycles. The summed E-state index contributed by atoms with van der Waals surface area (Å²) in [7, 11) is 0. The van der Waals surface area contributed by atoms with Crippen molar-refractivity contribution in [1.82, 2.24) is 10.2 Å². The van der Waals surface area contributed by atoms with Crippen LogP contribution in [-0.2, 0) is 10.3 Å². The lowest BCUT2D eigenvalue weighted by Gasteiger charge is -2.34. The molecule has 0 aromatic heterocycles. The number of hydrogen-bond donors (Lipinski definition) is 2. The van der Waals surface area contributed by atoms with Gasteiger partial charge in [-0.2, -0.15) is 0 Å². The number of benzene rings is 1. The van der Waals surface area contributed by atoms with Gasteiger partial charge in [0.1, 0.15) is 5.54 Å². The van der Waals surface area contributed by atoms with Gasteiger partial charge in [0.25, 0.3) is 5.91 Å². The quantitative estimate of drug-likeness (QED) is 0.819. The van der Waals surface area contributed by atoms with Gasteiger partial charge < -0.3 is 10.4 Å². The summed E-state index contributed by atoms with van der Waals surface area (Å²) >= 11 is 5.93. The largest absolute Gasteiger partial charge is 0.388 e. The van der Waals surface area contributed by atoms with E-state index in [0.717, 1.165) is 19.3 Å². The van der Waals surface area contributed by atoms with Crippen molar-refractivity contribution in [3.05, 3.63) is 34.9 Å². The van der Waals surface area contributed by atoms with Crippen LogP contribution in [0, 0.1) is 0 Å². The molecule has 3 rings (SSSR count). The predicted molar refractivity (Wildman–Crippen MR) is 91.7 cm³/mol. The second-order valence-corrected chi connectivity index (χ2v) is 7.31. The highest BCUT2D eigenvalue weighted by Gasteiger charge is 2.52. The molecule has 1 saturated carbocycles. The van der Waals surface area contributed by atoms with E-state index in [2.05, 4.69) is 5.32 Å². The number of amides is 3. The number of hydrogen-bond acceptors (Lipinski definition) is 3. The molecule has 0 spiro atoms. The molecule has 130 valence electrons. The van der Waals surface area contributed by atoms with Crippen LogP contribution in [0.3, 0.4) is 0 Å². The van der Waals surface area contributed by atoms with E-state index in [-0.39, 0.29) is 12.5 Å². The van der Waals surface area contributed by atoms with E-state index in [9.17, 15) is 14.7 Å². The molecule has 2 aliphatic rings. The SMILES string of the molecule is CC[C@]1(c2ccc(Cl)cc2)NC(=O)N(CC2(O)CCCCC2)C1=O. The first-order chi connectivity index (χ1) is 11.4. The van der Waals surface area contributed by atoms with Crippen LogP contribution < -0.4 is 5.32 Å². The normalized spacial score (nSPS) is 26.5. The summed E-state index contributed by atoms with van der Waals surface area (Å²) in [5.74, 6) is -0.295. The molecule has 1 aliphatic heterocycles. The molecule has 2 N–H and O–H groups in total. The predicted octanol–water partition coefficient (Wildman–Crippen LogP) is 3.19. The Morgan fingerprint density at radius 2 is 1.79 bits per heavy atom. The Hall–Kier alpha value is -1.59. The minimum Gasteiger partial charge on any atom is -0.388 e. The Kier molecular flexibility index (Phi) is 4.58. The van der Waals surface area contributed by atoms with E-state index in [1.54, 1.807) is 24.3 Å². The number of rotatable bonds is 4. The lowest BCUT2D eigenvalue weighted by atomic mass is 9.83. The molecule has 0 bridgehead atoms. The lowest BCUT2D eigenvalue weighted by molar-refractivity contribution is -0.135. The van der Waals surface area contributed by atoms with Crippen molar-refractivity contribution in [2.45, 2.75) is 56.6 Å². The molecule has 1 aliphatic carbocycles. The molecule has 3 amide bonds. The Bertz CT molecular complexity index is 640. The second kappa shape index (κ2) is 6.37. The third-order valence-electron chi connectivity index (χ3n) is 5.28. The number of β-amino-alcohol motifs (C(OH)–C–C–N with tert-alkyl or cyclic N) is 1. The monoisotopic (exact) mass is 350 g/mol. The molecule has 2 fully saturated rings. The van der Waals surface area contributed by atoms with E-state index in [1.165, 1.54) is 4.90 Å². The van der Waals surface area contributed by atoms with E-state index in [1.807, 2.05) is 6.92 Å². The third-order valence-corrected chi connectivity index (χ3v) is 5.53. The number of nitrogens with one attached hydrogen (secondary N) is 1. The van der Waals surface area contributed by atoms with Gasteiger partial charge in [-0.15, -0.1) is 0 Å². The minimum absolute atomic E-state index is 0.0625. The van der Waals surface area contributed by atoms with Gasteiger partial charge in [0.05, 0.1) is 12.1 Å². The molecule has 1 atom stereocenters. The number of carbonyl (C=O) groups is 2. The van der Waals surface area contributed by atoms with Gasteiger partial charge in [-0.1, -0.05) is 49.9 Å². The maximum Gasteiger partial charge on any atom is 0.325 e. The van der Waals surface area contributed by atoms with Crippen LogP contribution in [0.25, 0.3) is 0 Å².